The number of aryl methyl sites for hydroxylation is 1. The summed E-state index contributed by atoms with van der Waals surface area (Å²) in [5.74, 6) is -0.339. The van der Waals surface area contributed by atoms with Crippen LogP contribution in [0.3, 0.4) is 0 Å². The second kappa shape index (κ2) is 2.77. The summed E-state index contributed by atoms with van der Waals surface area (Å²) in [6.45, 7) is 0. The number of carbonyl (C=O) groups is 1. The molecule has 0 bridgehead atoms. The fraction of sp³-hybridized carbons (Fsp3) is 0.100. The molecule has 0 radical (unpaired) electrons. The molecule has 72 valence electrons. The van der Waals surface area contributed by atoms with Gasteiger partial charge in [-0.25, -0.2) is 0 Å². The Hall–Kier alpha value is -1.97. The molecule has 1 aromatic carbocycles. The van der Waals surface area contributed by atoms with Gasteiger partial charge in [0.2, 0.25) is 0 Å². The lowest BCUT2D eigenvalue weighted by Crippen LogP contribution is -2.14. The molecule has 1 amide bonds. The van der Waals surface area contributed by atoms with Gasteiger partial charge in [-0.2, -0.15) is 0 Å². The van der Waals surface area contributed by atoms with Crippen molar-refractivity contribution < 1.29 is 9.90 Å². The first-order valence-corrected chi connectivity index (χ1v) is 4.18. The number of fused-ring (bicyclic) bond motifs is 1. The highest BCUT2D eigenvalue weighted by molar-refractivity contribution is 5.99. The first-order chi connectivity index (χ1) is 6.61. The Labute approximate surface area is 80.6 Å². The third kappa shape index (κ3) is 1.04. The minimum Gasteiger partial charge on any atom is -0.507 e. The molecule has 0 fully saturated rings. The lowest BCUT2D eigenvalue weighted by atomic mass is 10.2. The van der Waals surface area contributed by atoms with E-state index >= 15 is 0 Å². The predicted molar refractivity (Wildman–Crippen MR) is 53.1 cm³/mol. The molecule has 2 aromatic rings. The smallest absolute Gasteiger partial charge is 0.265 e. The number of benzene rings is 1. The Morgan fingerprint density at radius 2 is 2.21 bits per heavy atom. The summed E-state index contributed by atoms with van der Waals surface area (Å²) in [5, 5.41) is 10.2. The zero-order valence-electron chi connectivity index (χ0n) is 7.69. The van der Waals surface area contributed by atoms with E-state index in [0.717, 1.165) is 5.52 Å². The van der Waals surface area contributed by atoms with Gasteiger partial charge in [-0.1, -0.05) is 6.07 Å². The van der Waals surface area contributed by atoms with Crippen LogP contribution in [0.2, 0.25) is 0 Å². The highest BCUT2D eigenvalue weighted by Crippen LogP contribution is 2.26. The van der Waals surface area contributed by atoms with Crippen molar-refractivity contribution in [1.29, 1.82) is 0 Å². The molecule has 3 N–H and O–H groups in total. The van der Waals surface area contributed by atoms with Gasteiger partial charge in [0.25, 0.3) is 5.91 Å². The summed E-state index contributed by atoms with van der Waals surface area (Å²) in [7, 11) is 1.74. The fourth-order valence-corrected chi connectivity index (χ4v) is 1.58. The summed E-state index contributed by atoms with van der Waals surface area (Å²) in [6.07, 6.45) is 0. The van der Waals surface area contributed by atoms with E-state index in [2.05, 4.69) is 0 Å². The second-order valence-corrected chi connectivity index (χ2v) is 3.16. The Balaban J connectivity index is 2.86. The number of nitrogens with two attached hydrogens (primary N) is 1. The van der Waals surface area contributed by atoms with Gasteiger partial charge in [0, 0.05) is 12.4 Å². The average Bonchev–Trinajstić information content (AvgIpc) is 2.46. The van der Waals surface area contributed by atoms with E-state index in [-0.39, 0.29) is 5.75 Å². The molecule has 0 saturated carbocycles. The SMILES string of the molecule is Cn1c(C(N)=O)cc2c(O)cccc21. The summed E-state index contributed by atoms with van der Waals surface area (Å²) in [5.41, 5.74) is 6.37. The zero-order valence-corrected chi connectivity index (χ0v) is 7.69. The molecule has 2 rings (SSSR count). The van der Waals surface area contributed by atoms with Crippen molar-refractivity contribution >= 4 is 16.8 Å². The largest absolute Gasteiger partial charge is 0.507 e. The molecule has 4 heteroatoms. The number of nitrogens with zero attached hydrogens (tertiary/aromatic N) is 1. The van der Waals surface area contributed by atoms with E-state index in [9.17, 15) is 9.90 Å². The quantitative estimate of drug-likeness (QED) is 0.703. The van der Waals surface area contributed by atoms with Gasteiger partial charge in [-0.05, 0) is 18.2 Å². The molecule has 0 unspecified atom stereocenters. The van der Waals surface area contributed by atoms with Gasteiger partial charge in [0.05, 0.1) is 5.52 Å². The van der Waals surface area contributed by atoms with Crippen LogP contribution in [0.5, 0.6) is 5.75 Å². The maximum atomic E-state index is 11.0. The van der Waals surface area contributed by atoms with E-state index in [1.165, 1.54) is 0 Å². The van der Waals surface area contributed by atoms with Crippen molar-refractivity contribution in [2.75, 3.05) is 0 Å². The van der Waals surface area contributed by atoms with Crippen LogP contribution in [0.4, 0.5) is 0 Å². The number of rotatable bonds is 1. The molecule has 14 heavy (non-hydrogen) atoms. The Bertz CT molecular complexity index is 514. The van der Waals surface area contributed by atoms with E-state index in [0.29, 0.717) is 11.1 Å². The molecule has 0 aliphatic rings. The maximum absolute atomic E-state index is 11.0. The van der Waals surface area contributed by atoms with Crippen molar-refractivity contribution in [2.24, 2.45) is 12.8 Å². The van der Waals surface area contributed by atoms with Gasteiger partial charge >= 0.3 is 0 Å². The highest BCUT2D eigenvalue weighted by Gasteiger charge is 2.11. The molecule has 1 aromatic heterocycles. The number of phenolic OH excluding ortho intramolecular Hbond substituents is 1. The minimum atomic E-state index is -0.497. The predicted octanol–water partition coefficient (Wildman–Crippen LogP) is 0.983. The summed E-state index contributed by atoms with van der Waals surface area (Å²) in [6, 6.07) is 6.71. The zero-order chi connectivity index (χ0) is 10.3. The number of phenols is 1. The monoisotopic (exact) mass is 190 g/mol. The van der Waals surface area contributed by atoms with E-state index < -0.39 is 5.91 Å². The minimum absolute atomic E-state index is 0.158. The van der Waals surface area contributed by atoms with Crippen LogP contribution in [-0.2, 0) is 7.05 Å². The number of hydrogen-bond donors (Lipinski definition) is 2. The van der Waals surface area contributed by atoms with E-state index in [1.54, 1.807) is 29.8 Å². The molecular formula is C10H10N2O2. The van der Waals surface area contributed by atoms with Gasteiger partial charge in [0.1, 0.15) is 11.4 Å². The molecule has 1 heterocycles. The normalized spacial score (nSPS) is 10.6. The first kappa shape index (κ1) is 8.62. The lowest BCUT2D eigenvalue weighted by Gasteiger charge is -1.99. The average molecular weight is 190 g/mol. The van der Waals surface area contributed by atoms with Gasteiger partial charge in [0.15, 0.2) is 0 Å². The Kier molecular flexibility index (Phi) is 1.70. The van der Waals surface area contributed by atoms with Crippen molar-refractivity contribution in [3.8, 4) is 5.75 Å². The summed E-state index contributed by atoms with van der Waals surface area (Å²) in [4.78, 5) is 11.0. The molecule has 0 aliphatic carbocycles. The van der Waals surface area contributed by atoms with Crippen LogP contribution in [0.25, 0.3) is 10.9 Å². The van der Waals surface area contributed by atoms with Crippen molar-refractivity contribution in [1.82, 2.24) is 4.57 Å². The highest BCUT2D eigenvalue weighted by atomic mass is 16.3. The van der Waals surface area contributed by atoms with Crippen LogP contribution < -0.4 is 5.73 Å². The Morgan fingerprint density at radius 3 is 2.79 bits per heavy atom. The van der Waals surface area contributed by atoms with Gasteiger partial charge in [-0.3, -0.25) is 4.79 Å². The van der Waals surface area contributed by atoms with Crippen LogP contribution in [0.1, 0.15) is 10.5 Å². The van der Waals surface area contributed by atoms with Crippen molar-refractivity contribution in [2.45, 2.75) is 0 Å². The molecule has 0 atom stereocenters. The van der Waals surface area contributed by atoms with Crippen LogP contribution >= 0.6 is 0 Å². The molecule has 0 spiro atoms. The van der Waals surface area contributed by atoms with E-state index in [1.807, 2.05) is 6.07 Å². The third-order valence-electron chi connectivity index (χ3n) is 2.32. The molecule has 0 aliphatic heterocycles. The molecule has 4 nitrogen and oxygen atoms in total. The maximum Gasteiger partial charge on any atom is 0.265 e. The number of aromatic nitrogens is 1. The lowest BCUT2D eigenvalue weighted by molar-refractivity contribution is 0.0993. The topological polar surface area (TPSA) is 68.2 Å². The number of hydrogen-bond acceptors (Lipinski definition) is 2. The number of amides is 1. The van der Waals surface area contributed by atoms with Gasteiger partial charge in [-0.15, -0.1) is 0 Å². The second-order valence-electron chi connectivity index (χ2n) is 3.16. The fourth-order valence-electron chi connectivity index (χ4n) is 1.58. The number of aromatic hydroxyl groups is 1. The van der Waals surface area contributed by atoms with Gasteiger partial charge < -0.3 is 15.4 Å². The van der Waals surface area contributed by atoms with Crippen molar-refractivity contribution in [3.63, 3.8) is 0 Å². The number of carbonyl (C=O) groups excluding carboxylic acids is 1. The summed E-state index contributed by atoms with van der Waals surface area (Å²) >= 11 is 0. The van der Waals surface area contributed by atoms with Crippen LogP contribution in [0, 0.1) is 0 Å². The molecular weight excluding hydrogens is 180 g/mol. The van der Waals surface area contributed by atoms with Crippen molar-refractivity contribution in [3.05, 3.63) is 30.0 Å². The summed E-state index contributed by atoms with van der Waals surface area (Å²) < 4.78 is 1.66. The first-order valence-electron chi connectivity index (χ1n) is 4.18. The van der Waals surface area contributed by atoms with Crippen LogP contribution in [-0.4, -0.2) is 15.6 Å². The third-order valence-corrected chi connectivity index (χ3v) is 2.32. The molecule has 0 saturated heterocycles. The Morgan fingerprint density at radius 1 is 1.50 bits per heavy atom. The van der Waals surface area contributed by atoms with E-state index in [4.69, 9.17) is 5.73 Å². The van der Waals surface area contributed by atoms with Crippen LogP contribution in [0.15, 0.2) is 24.3 Å². The number of primary amides is 1. The standard InChI is InChI=1S/C10H10N2O2/c1-12-7-3-2-4-9(13)6(7)5-8(12)10(11)14/h2-5,13H,1H3,(H2,11,14).